The van der Waals surface area contributed by atoms with Crippen LogP contribution in [-0.4, -0.2) is 29.2 Å². The highest BCUT2D eigenvalue weighted by atomic mass is 35.5. The van der Waals surface area contributed by atoms with Crippen LogP contribution in [0.25, 0.3) is 0 Å². The SMILES string of the molecule is CC[C@]1(c2ccc(Cl)cc2)NC(=O)N(CC(=O)c2ccccc2)C1=O. The molecule has 1 fully saturated rings. The van der Waals surface area contributed by atoms with Gasteiger partial charge in [0.25, 0.3) is 5.91 Å². The molecule has 0 spiro atoms. The number of carbonyl (C=O) groups is 3. The number of nitrogens with zero attached hydrogens (tertiary/aromatic N) is 1. The lowest BCUT2D eigenvalue weighted by molar-refractivity contribution is -0.131. The summed E-state index contributed by atoms with van der Waals surface area (Å²) >= 11 is 5.91. The van der Waals surface area contributed by atoms with Crippen LogP contribution < -0.4 is 5.32 Å². The van der Waals surface area contributed by atoms with Crippen LogP contribution in [0.3, 0.4) is 0 Å². The van der Waals surface area contributed by atoms with Gasteiger partial charge in [-0.2, -0.15) is 0 Å². The van der Waals surface area contributed by atoms with Crippen molar-refractivity contribution in [3.05, 3.63) is 70.7 Å². The third-order valence-corrected chi connectivity index (χ3v) is 4.69. The second-order valence-electron chi connectivity index (χ2n) is 5.88. The molecular formula is C19H17ClN2O3. The number of hydrogen-bond donors (Lipinski definition) is 1. The van der Waals surface area contributed by atoms with Crippen LogP contribution in [0.2, 0.25) is 5.02 Å². The van der Waals surface area contributed by atoms with Gasteiger partial charge >= 0.3 is 6.03 Å². The fourth-order valence-electron chi connectivity index (χ4n) is 3.00. The molecule has 1 heterocycles. The summed E-state index contributed by atoms with van der Waals surface area (Å²) in [5.41, 5.74) is -0.0606. The zero-order valence-electron chi connectivity index (χ0n) is 13.7. The fraction of sp³-hybridized carbons (Fsp3) is 0.211. The number of benzene rings is 2. The number of hydrogen-bond acceptors (Lipinski definition) is 3. The molecule has 0 bridgehead atoms. The average molecular weight is 357 g/mol. The predicted molar refractivity (Wildman–Crippen MR) is 94.4 cm³/mol. The number of ketones is 1. The number of carbonyl (C=O) groups excluding carboxylic acids is 3. The van der Waals surface area contributed by atoms with Gasteiger partial charge in [0, 0.05) is 10.6 Å². The number of nitrogens with one attached hydrogen (secondary N) is 1. The molecule has 0 unspecified atom stereocenters. The van der Waals surface area contributed by atoms with Gasteiger partial charge < -0.3 is 5.32 Å². The molecule has 1 aliphatic rings. The van der Waals surface area contributed by atoms with Crippen LogP contribution in [-0.2, 0) is 10.3 Å². The van der Waals surface area contributed by atoms with Gasteiger partial charge in [-0.1, -0.05) is 61.0 Å². The molecular weight excluding hydrogens is 340 g/mol. The van der Waals surface area contributed by atoms with E-state index in [1.807, 2.05) is 6.92 Å². The molecule has 1 aliphatic heterocycles. The molecule has 5 nitrogen and oxygen atoms in total. The molecule has 3 rings (SSSR count). The highest BCUT2D eigenvalue weighted by Crippen LogP contribution is 2.33. The van der Waals surface area contributed by atoms with Gasteiger partial charge in [-0.05, 0) is 24.1 Å². The quantitative estimate of drug-likeness (QED) is 0.659. The average Bonchev–Trinajstić information content (AvgIpc) is 2.88. The molecule has 128 valence electrons. The van der Waals surface area contributed by atoms with E-state index in [4.69, 9.17) is 11.6 Å². The Morgan fingerprint density at radius 3 is 2.32 bits per heavy atom. The molecule has 2 aromatic carbocycles. The first-order valence-electron chi connectivity index (χ1n) is 7.96. The number of urea groups is 1. The minimum Gasteiger partial charge on any atom is -0.319 e. The lowest BCUT2D eigenvalue weighted by Gasteiger charge is -2.25. The molecule has 25 heavy (non-hydrogen) atoms. The highest BCUT2D eigenvalue weighted by molar-refractivity contribution is 6.30. The third kappa shape index (κ3) is 3.03. The van der Waals surface area contributed by atoms with Crippen molar-refractivity contribution in [2.45, 2.75) is 18.9 Å². The Labute approximate surface area is 150 Å². The van der Waals surface area contributed by atoms with Crippen LogP contribution >= 0.6 is 11.6 Å². The summed E-state index contributed by atoms with van der Waals surface area (Å²) in [6.07, 6.45) is 0.370. The van der Waals surface area contributed by atoms with Crippen molar-refractivity contribution >= 4 is 29.3 Å². The number of rotatable bonds is 5. The summed E-state index contributed by atoms with van der Waals surface area (Å²) in [5, 5.41) is 3.30. The van der Waals surface area contributed by atoms with E-state index < -0.39 is 17.5 Å². The first-order valence-corrected chi connectivity index (χ1v) is 8.34. The van der Waals surface area contributed by atoms with Gasteiger partial charge in [-0.15, -0.1) is 0 Å². The fourth-order valence-corrected chi connectivity index (χ4v) is 3.13. The Morgan fingerprint density at radius 1 is 1.08 bits per heavy atom. The van der Waals surface area contributed by atoms with E-state index in [1.54, 1.807) is 54.6 Å². The number of imide groups is 1. The molecule has 1 saturated heterocycles. The summed E-state index contributed by atoms with van der Waals surface area (Å²) < 4.78 is 0. The van der Waals surface area contributed by atoms with Crippen molar-refractivity contribution in [2.24, 2.45) is 0 Å². The Hall–Kier alpha value is -2.66. The van der Waals surface area contributed by atoms with Gasteiger partial charge in [-0.25, -0.2) is 4.79 Å². The number of halogens is 1. The highest BCUT2D eigenvalue weighted by Gasteiger charge is 2.51. The van der Waals surface area contributed by atoms with E-state index in [9.17, 15) is 14.4 Å². The van der Waals surface area contributed by atoms with Crippen LogP contribution in [0.15, 0.2) is 54.6 Å². The van der Waals surface area contributed by atoms with Gasteiger partial charge in [-0.3, -0.25) is 14.5 Å². The minimum atomic E-state index is -1.17. The molecule has 0 radical (unpaired) electrons. The summed E-state index contributed by atoms with van der Waals surface area (Å²) in [6.45, 7) is 1.53. The minimum absolute atomic E-state index is 0.285. The van der Waals surface area contributed by atoms with Crippen LogP contribution in [0.5, 0.6) is 0 Å². The molecule has 1 N–H and O–H groups in total. The molecule has 6 heteroatoms. The normalized spacial score (nSPS) is 19.8. The van der Waals surface area contributed by atoms with E-state index in [-0.39, 0.29) is 12.3 Å². The Kier molecular flexibility index (Phi) is 4.59. The standard InChI is InChI=1S/C19H17ClN2O3/c1-2-19(14-8-10-15(20)11-9-14)17(24)22(18(25)21-19)12-16(23)13-6-4-3-5-7-13/h3-11H,2,12H2,1H3,(H,21,25)/t19-/m1/s1. The van der Waals surface area contributed by atoms with Crippen molar-refractivity contribution in [3.8, 4) is 0 Å². The van der Waals surface area contributed by atoms with E-state index >= 15 is 0 Å². The van der Waals surface area contributed by atoms with E-state index in [0.717, 1.165) is 4.90 Å². The molecule has 0 aliphatic carbocycles. The smallest absolute Gasteiger partial charge is 0.319 e. The lowest BCUT2D eigenvalue weighted by Crippen LogP contribution is -2.43. The maximum absolute atomic E-state index is 13.0. The summed E-state index contributed by atoms with van der Waals surface area (Å²) in [6, 6.07) is 14.8. The maximum Gasteiger partial charge on any atom is 0.325 e. The first-order chi connectivity index (χ1) is 12.0. The third-order valence-electron chi connectivity index (χ3n) is 4.44. The number of Topliss-reactive ketones (excluding diaryl/α,β-unsaturated/α-hetero) is 1. The van der Waals surface area contributed by atoms with E-state index in [0.29, 0.717) is 22.6 Å². The summed E-state index contributed by atoms with van der Waals surface area (Å²) in [5.74, 6) is -0.710. The van der Waals surface area contributed by atoms with Crippen molar-refractivity contribution in [3.63, 3.8) is 0 Å². The molecule has 0 aromatic heterocycles. The molecule has 2 aromatic rings. The van der Waals surface area contributed by atoms with Crippen LogP contribution in [0, 0.1) is 0 Å². The molecule has 3 amide bonds. The van der Waals surface area contributed by atoms with Crippen molar-refractivity contribution in [1.82, 2.24) is 10.2 Å². The number of amides is 3. The second-order valence-corrected chi connectivity index (χ2v) is 6.31. The van der Waals surface area contributed by atoms with Gasteiger partial charge in [0.05, 0.1) is 6.54 Å². The monoisotopic (exact) mass is 356 g/mol. The zero-order valence-corrected chi connectivity index (χ0v) is 14.4. The maximum atomic E-state index is 13.0. The molecule has 0 saturated carbocycles. The Morgan fingerprint density at radius 2 is 1.72 bits per heavy atom. The van der Waals surface area contributed by atoms with E-state index in [2.05, 4.69) is 5.32 Å². The largest absolute Gasteiger partial charge is 0.325 e. The lowest BCUT2D eigenvalue weighted by atomic mass is 9.87. The second kappa shape index (κ2) is 6.69. The summed E-state index contributed by atoms with van der Waals surface area (Å²) in [7, 11) is 0. The first kappa shape index (κ1) is 17.2. The van der Waals surface area contributed by atoms with Gasteiger partial charge in [0.2, 0.25) is 0 Å². The summed E-state index contributed by atoms with van der Waals surface area (Å²) in [4.78, 5) is 38.7. The van der Waals surface area contributed by atoms with Crippen LogP contribution in [0.4, 0.5) is 4.79 Å². The van der Waals surface area contributed by atoms with Crippen LogP contribution in [0.1, 0.15) is 29.3 Å². The van der Waals surface area contributed by atoms with Crippen molar-refractivity contribution in [2.75, 3.05) is 6.54 Å². The topological polar surface area (TPSA) is 66.5 Å². The zero-order chi connectivity index (χ0) is 18.0. The van der Waals surface area contributed by atoms with Gasteiger partial charge in [0.15, 0.2) is 5.78 Å². The van der Waals surface area contributed by atoms with E-state index in [1.165, 1.54) is 0 Å². The Balaban J connectivity index is 1.88. The van der Waals surface area contributed by atoms with Crippen molar-refractivity contribution in [1.29, 1.82) is 0 Å². The molecule has 1 atom stereocenters. The predicted octanol–water partition coefficient (Wildman–Crippen LogP) is 3.38. The van der Waals surface area contributed by atoms with Crippen molar-refractivity contribution < 1.29 is 14.4 Å². The Bertz CT molecular complexity index is 820. The van der Waals surface area contributed by atoms with Gasteiger partial charge in [0.1, 0.15) is 5.54 Å².